The molecule has 0 saturated carbocycles. The van der Waals surface area contributed by atoms with E-state index >= 15 is 0 Å². The van der Waals surface area contributed by atoms with Gasteiger partial charge in [-0.15, -0.1) is 0 Å². The number of aliphatic hydroxyl groups is 1. The Balaban J connectivity index is 0.00000306. The van der Waals surface area contributed by atoms with Gasteiger partial charge in [-0.25, -0.2) is 9.13 Å². The number of ether oxygens (including phenoxy) is 1. The van der Waals surface area contributed by atoms with E-state index in [0.717, 1.165) is 16.8 Å². The highest BCUT2D eigenvalue weighted by atomic mass is 35.5. The van der Waals surface area contributed by atoms with Crippen molar-refractivity contribution in [1.82, 2.24) is 4.57 Å². The van der Waals surface area contributed by atoms with E-state index in [4.69, 9.17) is 10.5 Å². The first kappa shape index (κ1) is 24.6. The number of nitrogen functional groups attached to an aromatic ring is 1. The fourth-order valence-corrected chi connectivity index (χ4v) is 3.94. The van der Waals surface area contributed by atoms with E-state index < -0.39 is 6.10 Å². The molecule has 1 unspecified atom stereocenters. The second-order valence-electron chi connectivity index (χ2n) is 9.27. The first-order valence-electron chi connectivity index (χ1n) is 11.0. The number of halogens is 1. The Kier molecular flexibility index (Phi) is 7.67. The zero-order valence-electron chi connectivity index (χ0n) is 19.4. The predicted molar refractivity (Wildman–Crippen MR) is 129 cm³/mol. The molecule has 0 fully saturated rings. The molecule has 4 rings (SSSR count). The van der Waals surface area contributed by atoms with Gasteiger partial charge in [0, 0.05) is 0 Å². The second kappa shape index (κ2) is 10.3. The fraction of sp³-hybridized carbons (Fsp3) is 0.296. The molecular formula is C27H32ClN3O2. The van der Waals surface area contributed by atoms with Crippen molar-refractivity contribution in [3.05, 3.63) is 90.0 Å². The van der Waals surface area contributed by atoms with Crippen LogP contribution in [0.1, 0.15) is 31.9 Å². The van der Waals surface area contributed by atoms with E-state index in [1.165, 1.54) is 11.1 Å². The Hall–Kier alpha value is -3.02. The Bertz CT molecular complexity index is 1180. The van der Waals surface area contributed by atoms with E-state index in [1.54, 1.807) is 0 Å². The number of imidazole rings is 1. The van der Waals surface area contributed by atoms with Gasteiger partial charge in [-0.05, 0) is 40.8 Å². The molecule has 1 aromatic heterocycles. The van der Waals surface area contributed by atoms with Crippen molar-refractivity contribution in [2.45, 2.75) is 45.4 Å². The van der Waals surface area contributed by atoms with Crippen molar-refractivity contribution in [2.75, 3.05) is 12.3 Å². The zero-order valence-corrected chi connectivity index (χ0v) is 20.2. The summed E-state index contributed by atoms with van der Waals surface area (Å²) in [5, 5.41) is 10.6. The number of aromatic nitrogens is 2. The van der Waals surface area contributed by atoms with Gasteiger partial charge in [0.1, 0.15) is 36.0 Å². The molecular weight excluding hydrogens is 434 g/mol. The molecule has 0 aliphatic heterocycles. The molecule has 1 atom stereocenters. The lowest BCUT2D eigenvalue weighted by molar-refractivity contribution is -0.648. The number of anilines is 1. The highest BCUT2D eigenvalue weighted by Crippen LogP contribution is 2.23. The molecule has 0 amide bonds. The minimum Gasteiger partial charge on any atom is -1.00 e. The lowest BCUT2D eigenvalue weighted by atomic mass is 9.87. The minimum atomic E-state index is -0.687. The average Bonchev–Trinajstić information content (AvgIpc) is 3.04. The van der Waals surface area contributed by atoms with E-state index in [0.29, 0.717) is 19.0 Å². The summed E-state index contributed by atoms with van der Waals surface area (Å²) >= 11 is 0. The molecule has 0 spiro atoms. The van der Waals surface area contributed by atoms with Crippen LogP contribution in [0.3, 0.4) is 0 Å². The molecule has 6 heteroatoms. The average molecular weight is 466 g/mol. The van der Waals surface area contributed by atoms with Crippen LogP contribution in [0.4, 0.5) is 5.95 Å². The van der Waals surface area contributed by atoms with Crippen LogP contribution in [0.15, 0.2) is 78.9 Å². The first-order chi connectivity index (χ1) is 15.3. The number of fused-ring (bicyclic) bond motifs is 1. The van der Waals surface area contributed by atoms with E-state index in [1.807, 2.05) is 53.1 Å². The van der Waals surface area contributed by atoms with Gasteiger partial charge in [-0.2, -0.15) is 0 Å². The third-order valence-corrected chi connectivity index (χ3v) is 5.76. The van der Waals surface area contributed by atoms with Crippen molar-refractivity contribution in [2.24, 2.45) is 0 Å². The van der Waals surface area contributed by atoms with Crippen LogP contribution in [-0.4, -0.2) is 22.4 Å². The summed E-state index contributed by atoms with van der Waals surface area (Å²) in [4.78, 5) is 0. The topological polar surface area (TPSA) is 64.3 Å². The van der Waals surface area contributed by atoms with E-state index in [9.17, 15) is 5.11 Å². The molecule has 1 heterocycles. The van der Waals surface area contributed by atoms with Crippen LogP contribution in [-0.2, 0) is 18.5 Å². The Morgan fingerprint density at radius 3 is 2.24 bits per heavy atom. The van der Waals surface area contributed by atoms with Gasteiger partial charge in [0.05, 0.1) is 6.54 Å². The largest absolute Gasteiger partial charge is 1.00 e. The lowest BCUT2D eigenvalue weighted by Crippen LogP contribution is -3.00. The number of para-hydroxylation sites is 3. The van der Waals surface area contributed by atoms with Crippen molar-refractivity contribution < 1.29 is 26.8 Å². The van der Waals surface area contributed by atoms with Crippen LogP contribution < -0.4 is 27.4 Å². The van der Waals surface area contributed by atoms with Crippen LogP contribution in [0.5, 0.6) is 5.75 Å². The van der Waals surface area contributed by atoms with Crippen LogP contribution in [0, 0.1) is 0 Å². The number of benzene rings is 3. The standard InChI is InChI=1S/C27H31N3O2.ClH/c1-27(2,3)21-15-13-20(14-16-21)17-29-24-11-7-8-12-25(24)30(26(29)28)18-22(31)19-32-23-9-5-4-6-10-23;/h4-16,22,28,31H,17-19H2,1-3H3;1H. The third kappa shape index (κ3) is 5.67. The second-order valence-corrected chi connectivity index (χ2v) is 9.27. The summed E-state index contributed by atoms with van der Waals surface area (Å²) in [7, 11) is 0. The zero-order chi connectivity index (χ0) is 22.7. The van der Waals surface area contributed by atoms with Crippen LogP contribution in [0.25, 0.3) is 11.0 Å². The molecule has 0 saturated heterocycles. The van der Waals surface area contributed by atoms with Crippen molar-refractivity contribution in [1.29, 1.82) is 0 Å². The summed E-state index contributed by atoms with van der Waals surface area (Å²) in [5.41, 5.74) is 11.2. The molecule has 5 nitrogen and oxygen atoms in total. The number of nitrogens with zero attached hydrogens (tertiary/aromatic N) is 2. The monoisotopic (exact) mass is 465 g/mol. The van der Waals surface area contributed by atoms with E-state index in [2.05, 4.69) is 55.7 Å². The first-order valence-corrected chi connectivity index (χ1v) is 11.0. The summed E-state index contributed by atoms with van der Waals surface area (Å²) in [6.07, 6.45) is -0.687. The number of hydrogen-bond acceptors (Lipinski definition) is 3. The Labute approximate surface area is 201 Å². The molecule has 4 aromatic rings. The van der Waals surface area contributed by atoms with Crippen LogP contribution in [0.2, 0.25) is 0 Å². The molecule has 3 aromatic carbocycles. The summed E-state index contributed by atoms with van der Waals surface area (Å²) in [5.74, 6) is 1.36. The molecule has 0 bridgehead atoms. The molecule has 3 N–H and O–H groups in total. The highest BCUT2D eigenvalue weighted by Gasteiger charge is 2.23. The van der Waals surface area contributed by atoms with Gasteiger partial charge < -0.3 is 22.3 Å². The number of nitrogens with two attached hydrogens (primary N) is 1. The normalized spacial score (nSPS) is 12.4. The van der Waals surface area contributed by atoms with Gasteiger partial charge in [0.15, 0.2) is 0 Å². The molecule has 0 radical (unpaired) electrons. The summed E-state index contributed by atoms with van der Waals surface area (Å²) < 4.78 is 9.80. The maximum atomic E-state index is 10.6. The number of hydrogen-bond donors (Lipinski definition) is 2. The molecule has 0 aliphatic carbocycles. The molecule has 174 valence electrons. The predicted octanol–water partition coefficient (Wildman–Crippen LogP) is 1.30. The minimum absolute atomic E-state index is 0. The van der Waals surface area contributed by atoms with Crippen LogP contribution >= 0.6 is 0 Å². The number of aliphatic hydroxyl groups excluding tert-OH is 1. The fourth-order valence-electron chi connectivity index (χ4n) is 3.94. The van der Waals surface area contributed by atoms with Crippen molar-refractivity contribution in [3.8, 4) is 5.75 Å². The maximum Gasteiger partial charge on any atom is 0.356 e. The quantitative estimate of drug-likeness (QED) is 0.404. The van der Waals surface area contributed by atoms with Crippen molar-refractivity contribution in [3.63, 3.8) is 0 Å². The lowest BCUT2D eigenvalue weighted by Gasteiger charge is -2.19. The van der Waals surface area contributed by atoms with Gasteiger partial charge in [-0.3, -0.25) is 5.73 Å². The molecule has 0 aliphatic rings. The van der Waals surface area contributed by atoms with Crippen molar-refractivity contribution >= 4 is 17.0 Å². The highest BCUT2D eigenvalue weighted by molar-refractivity contribution is 5.74. The maximum absolute atomic E-state index is 10.6. The summed E-state index contributed by atoms with van der Waals surface area (Å²) in [6.45, 7) is 7.87. The van der Waals surface area contributed by atoms with Gasteiger partial charge >= 0.3 is 5.95 Å². The van der Waals surface area contributed by atoms with Gasteiger partial charge in [0.2, 0.25) is 0 Å². The van der Waals surface area contributed by atoms with Gasteiger partial charge in [-0.1, -0.05) is 75.4 Å². The Morgan fingerprint density at radius 2 is 1.58 bits per heavy atom. The van der Waals surface area contributed by atoms with E-state index in [-0.39, 0.29) is 24.4 Å². The smallest absolute Gasteiger partial charge is 0.356 e. The molecule has 33 heavy (non-hydrogen) atoms. The summed E-state index contributed by atoms with van der Waals surface area (Å²) in [6, 6.07) is 26.4. The Morgan fingerprint density at radius 1 is 0.939 bits per heavy atom. The third-order valence-electron chi connectivity index (χ3n) is 5.76. The number of rotatable bonds is 7. The van der Waals surface area contributed by atoms with Gasteiger partial charge in [0.25, 0.3) is 0 Å². The SMILES string of the molecule is CC(C)(C)c1ccc(C[n+]2c(N)n(CC(O)COc3ccccc3)c3ccccc32)cc1.[Cl-].